The summed E-state index contributed by atoms with van der Waals surface area (Å²) in [6.45, 7) is 1.79. The molecule has 0 bridgehead atoms. The first-order valence-corrected chi connectivity index (χ1v) is 5.46. The smallest absolute Gasteiger partial charge is 0.309 e. The Morgan fingerprint density at radius 2 is 2.29 bits per heavy atom. The van der Waals surface area contributed by atoms with E-state index in [1.54, 1.807) is 30.0 Å². The van der Waals surface area contributed by atoms with E-state index in [2.05, 4.69) is 4.98 Å². The number of imidazole rings is 1. The van der Waals surface area contributed by atoms with Crippen LogP contribution in [0.25, 0.3) is 5.69 Å². The fraction of sp³-hybridized carbons (Fsp3) is 0.167. The SMILES string of the molecule is Cc1ncn(-c2cccc(Cl)c2)c1CC(=O)O. The summed E-state index contributed by atoms with van der Waals surface area (Å²) in [5.74, 6) is -0.878. The zero-order valence-electron chi connectivity index (χ0n) is 9.22. The molecule has 88 valence electrons. The number of carboxylic acid groups (broad SMARTS) is 1. The summed E-state index contributed by atoms with van der Waals surface area (Å²) in [7, 11) is 0. The van der Waals surface area contributed by atoms with Gasteiger partial charge in [-0.1, -0.05) is 17.7 Å². The molecule has 1 aromatic carbocycles. The first kappa shape index (κ1) is 11.7. The van der Waals surface area contributed by atoms with Crippen LogP contribution in [-0.2, 0) is 11.2 Å². The van der Waals surface area contributed by atoms with Gasteiger partial charge in [-0.05, 0) is 25.1 Å². The maximum absolute atomic E-state index is 10.8. The van der Waals surface area contributed by atoms with Crippen molar-refractivity contribution in [3.8, 4) is 5.69 Å². The molecular weight excluding hydrogens is 240 g/mol. The molecule has 4 nitrogen and oxygen atoms in total. The number of aryl methyl sites for hydroxylation is 1. The number of carbonyl (C=O) groups is 1. The molecule has 17 heavy (non-hydrogen) atoms. The minimum absolute atomic E-state index is 0.0572. The first-order valence-electron chi connectivity index (χ1n) is 5.08. The van der Waals surface area contributed by atoms with E-state index in [4.69, 9.17) is 16.7 Å². The van der Waals surface area contributed by atoms with Crippen LogP contribution in [0.2, 0.25) is 5.02 Å². The molecule has 0 spiro atoms. The van der Waals surface area contributed by atoms with Gasteiger partial charge in [-0.3, -0.25) is 4.79 Å². The number of carboxylic acids is 1. The van der Waals surface area contributed by atoms with Gasteiger partial charge in [0.25, 0.3) is 0 Å². The second-order valence-corrected chi connectivity index (χ2v) is 4.13. The highest BCUT2D eigenvalue weighted by atomic mass is 35.5. The lowest BCUT2D eigenvalue weighted by molar-refractivity contribution is -0.136. The number of rotatable bonds is 3. The van der Waals surface area contributed by atoms with E-state index in [0.29, 0.717) is 16.4 Å². The highest BCUT2D eigenvalue weighted by molar-refractivity contribution is 6.30. The molecular formula is C12H11ClN2O2. The van der Waals surface area contributed by atoms with Crippen LogP contribution in [0.5, 0.6) is 0 Å². The summed E-state index contributed by atoms with van der Waals surface area (Å²) in [6.07, 6.45) is 1.55. The fourth-order valence-electron chi connectivity index (χ4n) is 1.67. The van der Waals surface area contributed by atoms with Gasteiger partial charge in [-0.2, -0.15) is 0 Å². The van der Waals surface area contributed by atoms with Crippen molar-refractivity contribution in [3.63, 3.8) is 0 Å². The average molecular weight is 251 g/mol. The maximum Gasteiger partial charge on any atom is 0.309 e. The van der Waals surface area contributed by atoms with Crippen molar-refractivity contribution < 1.29 is 9.90 Å². The predicted molar refractivity (Wildman–Crippen MR) is 64.7 cm³/mol. The second-order valence-electron chi connectivity index (χ2n) is 3.70. The summed E-state index contributed by atoms with van der Waals surface area (Å²) in [6, 6.07) is 7.22. The Morgan fingerprint density at radius 1 is 1.53 bits per heavy atom. The molecule has 1 heterocycles. The third-order valence-electron chi connectivity index (χ3n) is 2.48. The summed E-state index contributed by atoms with van der Waals surface area (Å²) >= 11 is 5.91. The van der Waals surface area contributed by atoms with Crippen LogP contribution < -0.4 is 0 Å². The van der Waals surface area contributed by atoms with Crippen LogP contribution in [0.4, 0.5) is 0 Å². The Bertz CT molecular complexity index is 563. The lowest BCUT2D eigenvalue weighted by Gasteiger charge is -2.07. The van der Waals surface area contributed by atoms with Gasteiger partial charge in [0.15, 0.2) is 0 Å². The molecule has 0 atom stereocenters. The van der Waals surface area contributed by atoms with Crippen molar-refractivity contribution in [1.82, 2.24) is 9.55 Å². The number of nitrogens with zero attached hydrogens (tertiary/aromatic N) is 2. The Balaban J connectivity index is 2.48. The van der Waals surface area contributed by atoms with E-state index in [0.717, 1.165) is 5.69 Å². The third kappa shape index (κ3) is 2.47. The molecule has 0 aliphatic rings. The van der Waals surface area contributed by atoms with Crippen LogP contribution in [-0.4, -0.2) is 20.6 Å². The van der Waals surface area contributed by atoms with Crippen molar-refractivity contribution in [2.75, 3.05) is 0 Å². The second kappa shape index (κ2) is 4.59. The van der Waals surface area contributed by atoms with Gasteiger partial charge in [0.05, 0.1) is 24.1 Å². The highest BCUT2D eigenvalue weighted by Gasteiger charge is 2.12. The molecule has 2 aromatic rings. The quantitative estimate of drug-likeness (QED) is 0.910. The molecule has 1 N–H and O–H groups in total. The summed E-state index contributed by atoms with van der Waals surface area (Å²) < 4.78 is 1.75. The highest BCUT2D eigenvalue weighted by Crippen LogP contribution is 2.18. The zero-order chi connectivity index (χ0) is 12.4. The maximum atomic E-state index is 10.8. The monoisotopic (exact) mass is 250 g/mol. The number of benzene rings is 1. The molecule has 0 saturated heterocycles. The van der Waals surface area contributed by atoms with E-state index >= 15 is 0 Å². The number of hydrogen-bond acceptors (Lipinski definition) is 2. The van der Waals surface area contributed by atoms with Gasteiger partial charge in [0, 0.05) is 10.7 Å². The van der Waals surface area contributed by atoms with Crippen LogP contribution in [0.15, 0.2) is 30.6 Å². The van der Waals surface area contributed by atoms with Gasteiger partial charge in [0.1, 0.15) is 0 Å². The number of hydrogen-bond donors (Lipinski definition) is 1. The van der Waals surface area contributed by atoms with Crippen molar-refractivity contribution in [2.24, 2.45) is 0 Å². The van der Waals surface area contributed by atoms with Gasteiger partial charge in [-0.25, -0.2) is 4.98 Å². The molecule has 0 aliphatic heterocycles. The number of halogens is 1. The molecule has 0 unspecified atom stereocenters. The molecule has 1 aromatic heterocycles. The zero-order valence-corrected chi connectivity index (χ0v) is 9.98. The topological polar surface area (TPSA) is 55.1 Å². The van der Waals surface area contributed by atoms with Gasteiger partial charge in [-0.15, -0.1) is 0 Å². The Morgan fingerprint density at radius 3 is 2.94 bits per heavy atom. The minimum Gasteiger partial charge on any atom is -0.481 e. The number of aromatic nitrogens is 2. The van der Waals surface area contributed by atoms with E-state index in [1.807, 2.05) is 12.1 Å². The van der Waals surface area contributed by atoms with Crippen molar-refractivity contribution in [3.05, 3.63) is 47.0 Å². The molecule has 2 rings (SSSR count). The van der Waals surface area contributed by atoms with Crippen LogP contribution in [0, 0.1) is 6.92 Å². The lowest BCUT2D eigenvalue weighted by atomic mass is 10.2. The van der Waals surface area contributed by atoms with Crippen LogP contribution in [0.3, 0.4) is 0 Å². The van der Waals surface area contributed by atoms with Crippen molar-refractivity contribution in [1.29, 1.82) is 0 Å². The third-order valence-corrected chi connectivity index (χ3v) is 2.72. The van der Waals surface area contributed by atoms with Gasteiger partial charge >= 0.3 is 5.97 Å². The van der Waals surface area contributed by atoms with Crippen molar-refractivity contribution in [2.45, 2.75) is 13.3 Å². The molecule has 0 fully saturated rings. The van der Waals surface area contributed by atoms with Crippen LogP contribution >= 0.6 is 11.6 Å². The molecule has 0 radical (unpaired) electrons. The predicted octanol–water partition coefficient (Wildman–Crippen LogP) is 2.46. The lowest BCUT2D eigenvalue weighted by Crippen LogP contribution is -2.07. The van der Waals surface area contributed by atoms with Crippen LogP contribution in [0.1, 0.15) is 11.4 Å². The van der Waals surface area contributed by atoms with Gasteiger partial charge < -0.3 is 9.67 Å². The van der Waals surface area contributed by atoms with Gasteiger partial charge in [0.2, 0.25) is 0 Å². The van der Waals surface area contributed by atoms with E-state index in [9.17, 15) is 4.79 Å². The van der Waals surface area contributed by atoms with E-state index in [-0.39, 0.29) is 6.42 Å². The molecule has 0 amide bonds. The summed E-state index contributed by atoms with van der Waals surface area (Å²) in [5, 5.41) is 9.48. The van der Waals surface area contributed by atoms with E-state index < -0.39 is 5.97 Å². The Labute approximate surface area is 103 Å². The van der Waals surface area contributed by atoms with E-state index in [1.165, 1.54) is 0 Å². The normalized spacial score (nSPS) is 10.5. The Kier molecular flexibility index (Phi) is 3.15. The minimum atomic E-state index is -0.878. The fourth-order valence-corrected chi connectivity index (χ4v) is 1.85. The average Bonchev–Trinajstić information content (AvgIpc) is 2.60. The number of aliphatic carboxylic acids is 1. The van der Waals surface area contributed by atoms with Crippen molar-refractivity contribution >= 4 is 17.6 Å². The molecule has 0 aliphatic carbocycles. The molecule has 0 saturated carbocycles. The summed E-state index contributed by atoms with van der Waals surface area (Å²) in [5.41, 5.74) is 2.20. The first-order chi connectivity index (χ1) is 8.08. The Hall–Kier alpha value is -1.81. The summed E-state index contributed by atoms with van der Waals surface area (Å²) in [4.78, 5) is 14.9. The molecule has 5 heteroatoms. The standard InChI is InChI=1S/C12H11ClN2O2/c1-8-11(6-12(16)17)15(7-14-8)10-4-2-3-9(13)5-10/h2-5,7H,6H2,1H3,(H,16,17). The largest absolute Gasteiger partial charge is 0.481 e.